The van der Waals surface area contributed by atoms with Crippen LogP contribution in [-0.2, 0) is 4.74 Å². The van der Waals surface area contributed by atoms with Gasteiger partial charge in [-0.2, -0.15) is 0 Å². The highest BCUT2D eigenvalue weighted by molar-refractivity contribution is 5.87. The zero-order valence-corrected chi connectivity index (χ0v) is 12.2. The van der Waals surface area contributed by atoms with Gasteiger partial charge in [0.2, 0.25) is 5.95 Å². The minimum atomic E-state index is -0.480. The second-order valence-corrected chi connectivity index (χ2v) is 5.48. The van der Waals surface area contributed by atoms with Crippen molar-refractivity contribution in [3.63, 3.8) is 0 Å². The van der Waals surface area contributed by atoms with Gasteiger partial charge >= 0.3 is 12.0 Å². The third kappa shape index (κ3) is 2.07. The van der Waals surface area contributed by atoms with E-state index in [0.29, 0.717) is 31.3 Å². The number of aromatic nitrogens is 2. The summed E-state index contributed by atoms with van der Waals surface area (Å²) in [6, 6.07) is 1.53. The molecule has 0 radical (unpaired) electrons. The summed E-state index contributed by atoms with van der Waals surface area (Å²) in [5.74, 6) is 0.0144. The summed E-state index contributed by atoms with van der Waals surface area (Å²) in [5.41, 5.74) is 0.751. The molecule has 0 atom stereocenters. The number of amides is 2. The first-order chi connectivity index (χ1) is 9.95. The number of hydrogen-bond acceptors (Lipinski definition) is 6. The highest BCUT2D eigenvalue weighted by Gasteiger charge is 2.52. The molecule has 0 bridgehead atoms. The van der Waals surface area contributed by atoms with E-state index in [2.05, 4.69) is 15.3 Å². The Kier molecular flexibility index (Phi) is 2.96. The Morgan fingerprint density at radius 3 is 2.71 bits per heavy atom. The van der Waals surface area contributed by atoms with Crippen LogP contribution in [0.15, 0.2) is 6.07 Å². The van der Waals surface area contributed by atoms with Gasteiger partial charge in [0, 0.05) is 32.4 Å². The number of carbonyl (C=O) groups is 2. The van der Waals surface area contributed by atoms with Crippen molar-refractivity contribution in [2.24, 2.45) is 0 Å². The number of ether oxygens (including phenoxy) is 1. The molecule has 1 aromatic rings. The number of likely N-dealkylation sites (N-methyl/N-ethyl adjacent to an activating group) is 1. The number of methoxy groups -OCH3 is 1. The Morgan fingerprint density at radius 1 is 1.43 bits per heavy atom. The lowest BCUT2D eigenvalue weighted by Gasteiger charge is -2.50. The van der Waals surface area contributed by atoms with Crippen LogP contribution >= 0.6 is 0 Å². The summed E-state index contributed by atoms with van der Waals surface area (Å²) in [5, 5.41) is 2.83. The van der Waals surface area contributed by atoms with Gasteiger partial charge in [-0.15, -0.1) is 0 Å². The number of hydrogen-bond donors (Lipinski definition) is 1. The fraction of sp³-hybridized carbons (Fsp3) is 0.538. The standard InChI is InChI=1S/C13H17N5O3/c1-8-4-9(10(19)21-3)16-11(15-8)18-6-13(7-18)5-14-12(20)17(13)2/h4H,5-7H2,1-3H3,(H,14,20). The highest BCUT2D eigenvalue weighted by atomic mass is 16.5. The molecule has 112 valence electrons. The number of anilines is 1. The molecule has 0 saturated carbocycles. The lowest BCUT2D eigenvalue weighted by atomic mass is 9.90. The molecule has 2 amide bonds. The predicted molar refractivity (Wildman–Crippen MR) is 74.2 cm³/mol. The molecular formula is C13H17N5O3. The maximum absolute atomic E-state index is 11.6. The van der Waals surface area contributed by atoms with Crippen LogP contribution in [0.2, 0.25) is 0 Å². The van der Waals surface area contributed by atoms with Crippen molar-refractivity contribution in [2.75, 3.05) is 38.7 Å². The first kappa shape index (κ1) is 13.6. The molecule has 21 heavy (non-hydrogen) atoms. The lowest BCUT2D eigenvalue weighted by Crippen LogP contribution is -2.69. The number of urea groups is 1. The first-order valence-electron chi connectivity index (χ1n) is 6.66. The molecule has 0 aliphatic carbocycles. The molecule has 8 heteroatoms. The van der Waals surface area contributed by atoms with Crippen LogP contribution in [0, 0.1) is 6.92 Å². The SMILES string of the molecule is COC(=O)c1cc(C)nc(N2CC3(CNC(=O)N3C)C2)n1. The molecule has 1 N–H and O–H groups in total. The summed E-state index contributed by atoms with van der Waals surface area (Å²) in [6.07, 6.45) is 0. The lowest BCUT2D eigenvalue weighted by molar-refractivity contribution is 0.0593. The largest absolute Gasteiger partial charge is 0.464 e. The van der Waals surface area contributed by atoms with Crippen LogP contribution < -0.4 is 10.2 Å². The van der Waals surface area contributed by atoms with E-state index in [4.69, 9.17) is 4.74 Å². The summed E-state index contributed by atoms with van der Waals surface area (Å²) in [7, 11) is 3.11. The Bertz CT molecular complexity index is 612. The third-order valence-corrected chi connectivity index (χ3v) is 4.07. The highest BCUT2D eigenvalue weighted by Crippen LogP contribution is 2.32. The fourth-order valence-electron chi connectivity index (χ4n) is 2.73. The van der Waals surface area contributed by atoms with Crippen molar-refractivity contribution in [3.8, 4) is 0 Å². The third-order valence-electron chi connectivity index (χ3n) is 4.07. The predicted octanol–water partition coefficient (Wildman–Crippen LogP) is -0.215. The summed E-state index contributed by atoms with van der Waals surface area (Å²) < 4.78 is 4.69. The average Bonchev–Trinajstić information content (AvgIpc) is 2.72. The molecule has 2 aliphatic rings. The minimum absolute atomic E-state index is 0.0601. The maximum atomic E-state index is 11.6. The van der Waals surface area contributed by atoms with Crippen molar-refractivity contribution < 1.29 is 14.3 Å². The molecule has 2 saturated heterocycles. The monoisotopic (exact) mass is 291 g/mol. The minimum Gasteiger partial charge on any atom is -0.464 e. The molecule has 0 aromatic carbocycles. The van der Waals surface area contributed by atoms with Crippen LogP contribution in [0.5, 0.6) is 0 Å². The smallest absolute Gasteiger partial charge is 0.356 e. The van der Waals surface area contributed by atoms with Crippen LogP contribution in [0.25, 0.3) is 0 Å². The zero-order valence-electron chi connectivity index (χ0n) is 12.2. The zero-order chi connectivity index (χ0) is 15.2. The van der Waals surface area contributed by atoms with Crippen LogP contribution in [-0.4, -0.2) is 66.2 Å². The average molecular weight is 291 g/mol. The van der Waals surface area contributed by atoms with Gasteiger partial charge in [-0.05, 0) is 13.0 Å². The van der Waals surface area contributed by atoms with Gasteiger partial charge < -0.3 is 19.9 Å². The Morgan fingerprint density at radius 2 is 2.14 bits per heavy atom. The van der Waals surface area contributed by atoms with Crippen LogP contribution in [0.3, 0.4) is 0 Å². The Labute approximate surface area is 122 Å². The Hall–Kier alpha value is -2.38. The van der Waals surface area contributed by atoms with Gasteiger partial charge in [0.15, 0.2) is 5.69 Å². The maximum Gasteiger partial charge on any atom is 0.356 e. The van der Waals surface area contributed by atoms with Gasteiger partial charge in [0.1, 0.15) is 0 Å². The number of esters is 1. The van der Waals surface area contributed by atoms with Gasteiger partial charge in [-0.25, -0.2) is 19.6 Å². The van der Waals surface area contributed by atoms with E-state index in [1.54, 1.807) is 24.9 Å². The first-order valence-corrected chi connectivity index (χ1v) is 6.66. The van der Waals surface area contributed by atoms with Gasteiger partial charge in [0.05, 0.1) is 12.6 Å². The Balaban J connectivity index is 1.79. The van der Waals surface area contributed by atoms with Crippen LogP contribution in [0.4, 0.5) is 10.7 Å². The summed E-state index contributed by atoms with van der Waals surface area (Å²) in [6.45, 7) is 3.72. The van der Waals surface area contributed by atoms with Gasteiger partial charge in [-0.1, -0.05) is 0 Å². The van der Waals surface area contributed by atoms with Crippen molar-refractivity contribution in [3.05, 3.63) is 17.5 Å². The van der Waals surface area contributed by atoms with Gasteiger partial charge in [-0.3, -0.25) is 0 Å². The summed E-state index contributed by atoms with van der Waals surface area (Å²) >= 11 is 0. The molecule has 0 unspecified atom stereocenters. The van der Waals surface area contributed by atoms with E-state index in [9.17, 15) is 9.59 Å². The quantitative estimate of drug-likeness (QED) is 0.758. The second kappa shape index (κ2) is 4.57. The number of carbonyl (C=O) groups excluding carboxylic acids is 2. The van der Waals surface area contributed by atoms with E-state index in [1.165, 1.54) is 7.11 Å². The normalized spacial score (nSPS) is 19.5. The molecule has 3 rings (SSSR count). The van der Waals surface area contributed by atoms with E-state index < -0.39 is 5.97 Å². The van der Waals surface area contributed by atoms with Crippen molar-refractivity contribution in [1.29, 1.82) is 0 Å². The summed E-state index contributed by atoms with van der Waals surface area (Å²) in [4.78, 5) is 35.4. The second-order valence-electron chi connectivity index (χ2n) is 5.48. The molecule has 3 heterocycles. The van der Waals surface area contributed by atoms with E-state index in [1.807, 2.05) is 4.90 Å². The molecule has 2 fully saturated rings. The van der Waals surface area contributed by atoms with Crippen LogP contribution in [0.1, 0.15) is 16.2 Å². The van der Waals surface area contributed by atoms with Gasteiger partial charge in [0.25, 0.3) is 0 Å². The fourth-order valence-corrected chi connectivity index (χ4v) is 2.73. The van der Waals surface area contributed by atoms with Crippen molar-refractivity contribution in [2.45, 2.75) is 12.5 Å². The topological polar surface area (TPSA) is 87.7 Å². The van der Waals surface area contributed by atoms with Crippen molar-refractivity contribution >= 4 is 17.9 Å². The molecular weight excluding hydrogens is 274 g/mol. The van der Waals surface area contributed by atoms with E-state index in [0.717, 1.165) is 0 Å². The van der Waals surface area contributed by atoms with E-state index in [-0.39, 0.29) is 17.3 Å². The van der Waals surface area contributed by atoms with Crippen molar-refractivity contribution in [1.82, 2.24) is 20.2 Å². The number of nitrogens with one attached hydrogen (secondary N) is 1. The number of nitrogens with zero attached hydrogens (tertiary/aromatic N) is 4. The number of aryl methyl sites for hydroxylation is 1. The molecule has 1 aromatic heterocycles. The number of rotatable bonds is 2. The molecule has 1 spiro atoms. The molecule has 8 nitrogen and oxygen atoms in total. The molecule has 2 aliphatic heterocycles. The van der Waals surface area contributed by atoms with E-state index >= 15 is 0 Å².